The molecule has 0 spiro atoms. The molecule has 0 aliphatic carbocycles. The topological polar surface area (TPSA) is 43.3 Å². The maximum atomic E-state index is 11.9. The van der Waals surface area contributed by atoms with E-state index in [1.807, 2.05) is 26.0 Å². The molecule has 0 atom stereocenters. The molecule has 4 nitrogen and oxygen atoms in total. The lowest BCUT2D eigenvalue weighted by Gasteiger charge is -2.22. The van der Waals surface area contributed by atoms with E-state index < -0.39 is 5.41 Å². The zero-order valence-electron chi connectivity index (χ0n) is 13.3. The van der Waals surface area contributed by atoms with Gasteiger partial charge >= 0.3 is 5.97 Å². The van der Waals surface area contributed by atoms with E-state index in [0.717, 1.165) is 18.6 Å². The Hall–Kier alpha value is -1.81. The van der Waals surface area contributed by atoms with E-state index in [-0.39, 0.29) is 5.97 Å². The molecule has 1 N–H and O–H groups in total. The minimum absolute atomic E-state index is 0.187. The maximum Gasteiger partial charge on any atom is 0.313 e. The molecule has 0 radical (unpaired) electrons. The van der Waals surface area contributed by atoms with Crippen LogP contribution in [0.2, 0.25) is 0 Å². The Balaban J connectivity index is 2.38. The molecular formula is C17H24N2O2. The Kier molecular flexibility index (Phi) is 4.68. The number of benzene rings is 1. The Bertz CT molecular complexity index is 629. The number of hydrogen-bond donors (Lipinski definition) is 1. The summed E-state index contributed by atoms with van der Waals surface area (Å²) in [4.78, 5) is 11.9. The van der Waals surface area contributed by atoms with Gasteiger partial charge in [0.2, 0.25) is 0 Å². The highest BCUT2D eigenvalue weighted by molar-refractivity contribution is 5.84. The van der Waals surface area contributed by atoms with Gasteiger partial charge in [-0.2, -0.15) is 0 Å². The number of rotatable bonds is 6. The summed E-state index contributed by atoms with van der Waals surface area (Å²) in [6, 6.07) is 8.30. The average Bonchev–Trinajstić information content (AvgIpc) is 2.82. The zero-order valence-corrected chi connectivity index (χ0v) is 13.3. The Morgan fingerprint density at radius 1 is 1.33 bits per heavy atom. The van der Waals surface area contributed by atoms with Gasteiger partial charge in [0, 0.05) is 30.2 Å². The highest BCUT2D eigenvalue weighted by Crippen LogP contribution is 2.26. The second-order valence-corrected chi connectivity index (χ2v) is 5.96. The standard InChI is InChI=1S/C17H24N2O2/c1-5-18-10-13-11-19(12-17(2,3)16(20)21-4)15-9-7-6-8-14(13)15/h6-9,11,18H,5,10,12H2,1-4H3. The predicted molar refractivity (Wildman–Crippen MR) is 85.1 cm³/mol. The first kappa shape index (κ1) is 15.6. The van der Waals surface area contributed by atoms with Crippen LogP contribution in [-0.2, 0) is 22.6 Å². The number of hydrogen-bond acceptors (Lipinski definition) is 3. The SMILES string of the molecule is CCNCc1cn(CC(C)(C)C(=O)OC)c2ccccc12. The second kappa shape index (κ2) is 6.31. The van der Waals surface area contributed by atoms with E-state index in [9.17, 15) is 4.79 Å². The second-order valence-electron chi connectivity index (χ2n) is 5.96. The van der Waals surface area contributed by atoms with Crippen molar-refractivity contribution in [1.29, 1.82) is 0 Å². The van der Waals surface area contributed by atoms with Crippen molar-refractivity contribution in [2.24, 2.45) is 5.41 Å². The number of ether oxygens (including phenoxy) is 1. The van der Waals surface area contributed by atoms with E-state index >= 15 is 0 Å². The van der Waals surface area contributed by atoms with Gasteiger partial charge in [0.25, 0.3) is 0 Å². The van der Waals surface area contributed by atoms with Crippen LogP contribution >= 0.6 is 0 Å². The lowest BCUT2D eigenvalue weighted by molar-refractivity contribution is -0.151. The number of esters is 1. The van der Waals surface area contributed by atoms with E-state index in [4.69, 9.17) is 4.74 Å². The fourth-order valence-corrected chi connectivity index (χ4v) is 2.62. The smallest absolute Gasteiger partial charge is 0.313 e. The fraction of sp³-hybridized carbons (Fsp3) is 0.471. The predicted octanol–water partition coefficient (Wildman–Crippen LogP) is 2.95. The third-order valence-corrected chi connectivity index (χ3v) is 3.74. The van der Waals surface area contributed by atoms with Gasteiger partial charge in [0.15, 0.2) is 0 Å². The van der Waals surface area contributed by atoms with Gasteiger partial charge in [-0.25, -0.2) is 0 Å². The lowest BCUT2D eigenvalue weighted by atomic mass is 9.93. The average molecular weight is 288 g/mol. The van der Waals surface area contributed by atoms with E-state index in [2.05, 4.69) is 35.1 Å². The van der Waals surface area contributed by atoms with Crippen LogP contribution in [0.4, 0.5) is 0 Å². The quantitative estimate of drug-likeness (QED) is 0.831. The van der Waals surface area contributed by atoms with Crippen molar-refractivity contribution in [1.82, 2.24) is 9.88 Å². The number of nitrogens with one attached hydrogen (secondary N) is 1. The van der Waals surface area contributed by atoms with Gasteiger partial charge in [0.1, 0.15) is 0 Å². The van der Waals surface area contributed by atoms with Crippen LogP contribution in [0.25, 0.3) is 10.9 Å². The van der Waals surface area contributed by atoms with Crippen LogP contribution in [0.15, 0.2) is 30.5 Å². The van der Waals surface area contributed by atoms with Crippen molar-refractivity contribution in [3.63, 3.8) is 0 Å². The Morgan fingerprint density at radius 3 is 2.71 bits per heavy atom. The molecule has 0 saturated heterocycles. The molecule has 0 aliphatic rings. The van der Waals surface area contributed by atoms with Gasteiger partial charge in [-0.05, 0) is 32.0 Å². The highest BCUT2D eigenvalue weighted by Gasteiger charge is 2.29. The van der Waals surface area contributed by atoms with Gasteiger partial charge in [0.05, 0.1) is 12.5 Å². The molecule has 21 heavy (non-hydrogen) atoms. The number of fused-ring (bicyclic) bond motifs is 1. The summed E-state index contributed by atoms with van der Waals surface area (Å²) in [5.41, 5.74) is 1.86. The molecule has 0 aliphatic heterocycles. The molecule has 0 fully saturated rings. The molecule has 0 unspecified atom stereocenters. The molecule has 0 saturated carbocycles. The van der Waals surface area contributed by atoms with Crippen LogP contribution in [0.1, 0.15) is 26.3 Å². The summed E-state index contributed by atoms with van der Waals surface area (Å²) in [5, 5.41) is 4.60. The van der Waals surface area contributed by atoms with Gasteiger partial charge in [-0.15, -0.1) is 0 Å². The third-order valence-electron chi connectivity index (χ3n) is 3.74. The summed E-state index contributed by atoms with van der Waals surface area (Å²) >= 11 is 0. The van der Waals surface area contributed by atoms with Crippen molar-refractivity contribution in [2.45, 2.75) is 33.9 Å². The van der Waals surface area contributed by atoms with Gasteiger partial charge < -0.3 is 14.6 Å². The summed E-state index contributed by atoms with van der Waals surface area (Å²) in [6.07, 6.45) is 2.14. The minimum Gasteiger partial charge on any atom is -0.469 e. The first-order chi connectivity index (χ1) is 9.99. The minimum atomic E-state index is -0.550. The molecule has 0 amide bonds. The molecule has 1 aromatic heterocycles. The molecule has 4 heteroatoms. The Morgan fingerprint density at radius 2 is 2.05 bits per heavy atom. The molecule has 1 aromatic carbocycles. The normalized spacial score (nSPS) is 11.8. The maximum absolute atomic E-state index is 11.9. The summed E-state index contributed by atoms with van der Waals surface area (Å²) < 4.78 is 7.06. The summed E-state index contributed by atoms with van der Waals surface area (Å²) in [7, 11) is 1.44. The van der Waals surface area contributed by atoms with Crippen LogP contribution in [-0.4, -0.2) is 24.2 Å². The highest BCUT2D eigenvalue weighted by atomic mass is 16.5. The molecule has 0 bridgehead atoms. The van der Waals surface area contributed by atoms with Crippen molar-refractivity contribution in [3.05, 3.63) is 36.0 Å². The lowest BCUT2D eigenvalue weighted by Crippen LogP contribution is -2.30. The monoisotopic (exact) mass is 288 g/mol. The number of methoxy groups -OCH3 is 1. The number of carbonyl (C=O) groups is 1. The van der Waals surface area contributed by atoms with Crippen molar-refractivity contribution in [2.75, 3.05) is 13.7 Å². The van der Waals surface area contributed by atoms with E-state index in [1.54, 1.807) is 0 Å². The van der Waals surface area contributed by atoms with Gasteiger partial charge in [-0.3, -0.25) is 4.79 Å². The van der Waals surface area contributed by atoms with Crippen LogP contribution in [0.3, 0.4) is 0 Å². The number of para-hydroxylation sites is 1. The van der Waals surface area contributed by atoms with Crippen LogP contribution in [0.5, 0.6) is 0 Å². The third kappa shape index (κ3) is 3.27. The molecule has 2 rings (SSSR count). The van der Waals surface area contributed by atoms with Crippen LogP contribution in [0, 0.1) is 5.41 Å². The number of carbonyl (C=O) groups excluding carboxylic acids is 1. The van der Waals surface area contributed by atoms with Gasteiger partial charge in [-0.1, -0.05) is 25.1 Å². The largest absolute Gasteiger partial charge is 0.469 e. The fourth-order valence-electron chi connectivity index (χ4n) is 2.62. The molecule has 2 aromatic rings. The van der Waals surface area contributed by atoms with Crippen molar-refractivity contribution >= 4 is 16.9 Å². The number of aromatic nitrogens is 1. The first-order valence-electron chi connectivity index (χ1n) is 7.35. The number of nitrogens with zero attached hydrogens (tertiary/aromatic N) is 1. The van der Waals surface area contributed by atoms with Crippen molar-refractivity contribution in [3.8, 4) is 0 Å². The van der Waals surface area contributed by atoms with Crippen molar-refractivity contribution < 1.29 is 9.53 Å². The molecular weight excluding hydrogens is 264 g/mol. The Labute approximate surface area is 126 Å². The molecule has 114 valence electrons. The molecule has 1 heterocycles. The van der Waals surface area contributed by atoms with Crippen LogP contribution < -0.4 is 5.32 Å². The summed E-state index contributed by atoms with van der Waals surface area (Å²) in [6.45, 7) is 8.30. The summed E-state index contributed by atoms with van der Waals surface area (Å²) in [5.74, 6) is -0.187. The van der Waals surface area contributed by atoms with E-state index in [1.165, 1.54) is 18.1 Å². The first-order valence-corrected chi connectivity index (χ1v) is 7.35. The van der Waals surface area contributed by atoms with E-state index in [0.29, 0.717) is 6.54 Å². The zero-order chi connectivity index (χ0) is 15.5.